The molecule has 5 heteroatoms. The van der Waals surface area contributed by atoms with E-state index in [9.17, 15) is 5.11 Å². The van der Waals surface area contributed by atoms with Gasteiger partial charge in [-0.2, -0.15) is 5.10 Å². The Morgan fingerprint density at radius 2 is 2.33 bits per heavy atom. The number of nitrogens with two attached hydrogens (primary N) is 1. The van der Waals surface area contributed by atoms with Crippen molar-refractivity contribution in [2.45, 2.75) is 23.5 Å². The molecule has 1 atom stereocenters. The highest BCUT2D eigenvalue weighted by atomic mass is 127. The lowest BCUT2D eigenvalue weighted by molar-refractivity contribution is 0.0597. The number of halogens is 1. The number of nitrogen functional groups attached to an aromatic ring is 1. The van der Waals surface area contributed by atoms with Gasteiger partial charge in [0.1, 0.15) is 4.05 Å². The molecule has 1 aromatic heterocycles. The fraction of sp³-hybridized carbons (Fsp3) is 0.571. The lowest BCUT2D eigenvalue weighted by atomic mass is 10.1. The molecule has 0 radical (unpaired) electrons. The van der Waals surface area contributed by atoms with Gasteiger partial charge in [-0.05, 0) is 13.8 Å². The Bertz CT molecular complexity index is 266. The van der Waals surface area contributed by atoms with E-state index in [1.165, 1.54) is 0 Å². The first-order valence-corrected chi connectivity index (χ1v) is 4.82. The van der Waals surface area contributed by atoms with Crippen LogP contribution in [0.3, 0.4) is 0 Å². The Morgan fingerprint density at radius 3 is 2.67 bits per heavy atom. The van der Waals surface area contributed by atoms with Crippen molar-refractivity contribution in [3.63, 3.8) is 0 Å². The maximum Gasteiger partial charge on any atom is 0.131 e. The van der Waals surface area contributed by atoms with E-state index in [4.69, 9.17) is 5.73 Å². The average molecular weight is 281 g/mol. The zero-order chi connectivity index (χ0) is 9.35. The molecule has 0 saturated heterocycles. The quantitative estimate of drug-likeness (QED) is 0.632. The molecule has 1 heterocycles. The molecule has 3 N–H and O–H groups in total. The van der Waals surface area contributed by atoms with Crippen molar-refractivity contribution in [3.8, 4) is 0 Å². The number of anilines is 1. The minimum Gasteiger partial charge on any atom is -0.396 e. The number of nitrogens with zero attached hydrogens (tertiary/aromatic N) is 2. The summed E-state index contributed by atoms with van der Waals surface area (Å²) in [6.45, 7) is 3.48. The predicted octanol–water partition coefficient (Wildman–Crippen LogP) is 1.17. The first-order valence-electron chi connectivity index (χ1n) is 3.57. The first kappa shape index (κ1) is 9.79. The van der Waals surface area contributed by atoms with Crippen LogP contribution in [0.2, 0.25) is 0 Å². The molecule has 0 saturated carbocycles. The maximum atomic E-state index is 9.64. The lowest BCUT2D eigenvalue weighted by Crippen LogP contribution is -2.29. The summed E-state index contributed by atoms with van der Waals surface area (Å²) in [6.07, 6.45) is 3.27. The van der Waals surface area contributed by atoms with Gasteiger partial charge in [-0.1, -0.05) is 22.6 Å². The summed E-state index contributed by atoms with van der Waals surface area (Å²) in [4.78, 5) is 0. The molecule has 0 bridgehead atoms. The molecular formula is C7H12IN3O. The Morgan fingerprint density at radius 1 is 1.75 bits per heavy atom. The molecule has 12 heavy (non-hydrogen) atoms. The van der Waals surface area contributed by atoms with Gasteiger partial charge in [0, 0.05) is 6.20 Å². The number of alkyl halides is 1. The number of hydrogen-bond acceptors (Lipinski definition) is 3. The van der Waals surface area contributed by atoms with E-state index in [0.29, 0.717) is 5.69 Å². The van der Waals surface area contributed by atoms with Crippen LogP contribution in [0.25, 0.3) is 0 Å². The van der Waals surface area contributed by atoms with Gasteiger partial charge in [-0.3, -0.25) is 4.68 Å². The Hall–Kier alpha value is -0.300. The zero-order valence-corrected chi connectivity index (χ0v) is 9.19. The van der Waals surface area contributed by atoms with Crippen molar-refractivity contribution in [2.75, 3.05) is 5.73 Å². The third-order valence-corrected chi connectivity index (χ3v) is 3.53. The minimum atomic E-state index is -0.793. The van der Waals surface area contributed by atoms with Crippen LogP contribution >= 0.6 is 22.6 Å². The van der Waals surface area contributed by atoms with Crippen LogP contribution in [-0.2, 0) is 0 Å². The molecule has 4 nitrogen and oxygen atoms in total. The van der Waals surface area contributed by atoms with E-state index >= 15 is 0 Å². The standard InChI is InChI=1S/C7H12IN3O/c1-7(2,12)6(8)11-4-5(9)3-10-11/h3-4,6,12H,9H2,1-2H3. The van der Waals surface area contributed by atoms with Crippen molar-refractivity contribution >= 4 is 28.3 Å². The second kappa shape index (κ2) is 3.21. The minimum absolute atomic E-state index is 0.104. The molecule has 68 valence electrons. The third-order valence-electron chi connectivity index (χ3n) is 1.44. The Kier molecular flexibility index (Phi) is 2.62. The van der Waals surface area contributed by atoms with Crippen LogP contribution in [-0.4, -0.2) is 20.5 Å². The largest absolute Gasteiger partial charge is 0.396 e. The molecule has 0 spiro atoms. The Labute approximate surface area is 84.9 Å². The van der Waals surface area contributed by atoms with Crippen LogP contribution in [0.4, 0.5) is 5.69 Å². The molecule has 0 aliphatic carbocycles. The smallest absolute Gasteiger partial charge is 0.131 e. The molecule has 0 fully saturated rings. The lowest BCUT2D eigenvalue weighted by Gasteiger charge is -2.24. The highest BCUT2D eigenvalue weighted by Gasteiger charge is 2.25. The van der Waals surface area contributed by atoms with Gasteiger partial charge >= 0.3 is 0 Å². The topological polar surface area (TPSA) is 64.1 Å². The van der Waals surface area contributed by atoms with E-state index in [2.05, 4.69) is 27.7 Å². The molecule has 1 unspecified atom stereocenters. The van der Waals surface area contributed by atoms with Crippen molar-refractivity contribution < 1.29 is 5.11 Å². The Balaban J connectivity index is 2.85. The highest BCUT2D eigenvalue weighted by Crippen LogP contribution is 2.28. The van der Waals surface area contributed by atoms with Crippen LogP contribution in [0.5, 0.6) is 0 Å². The summed E-state index contributed by atoms with van der Waals surface area (Å²) in [5.41, 5.74) is 5.31. The van der Waals surface area contributed by atoms with E-state index < -0.39 is 5.60 Å². The summed E-state index contributed by atoms with van der Waals surface area (Å²) >= 11 is 2.12. The van der Waals surface area contributed by atoms with Gasteiger partial charge in [-0.15, -0.1) is 0 Å². The highest BCUT2D eigenvalue weighted by molar-refractivity contribution is 14.1. The van der Waals surface area contributed by atoms with E-state index in [-0.39, 0.29) is 4.05 Å². The number of hydrogen-bond donors (Lipinski definition) is 2. The number of aromatic nitrogens is 2. The fourth-order valence-electron chi connectivity index (χ4n) is 0.800. The van der Waals surface area contributed by atoms with Crippen molar-refractivity contribution in [2.24, 2.45) is 0 Å². The average Bonchev–Trinajstić information content (AvgIpc) is 2.32. The summed E-state index contributed by atoms with van der Waals surface area (Å²) < 4.78 is 1.54. The molecule has 0 aliphatic rings. The van der Waals surface area contributed by atoms with Gasteiger partial charge in [0.05, 0.1) is 17.5 Å². The van der Waals surface area contributed by atoms with Gasteiger partial charge < -0.3 is 10.8 Å². The van der Waals surface area contributed by atoms with Crippen molar-refractivity contribution in [1.82, 2.24) is 9.78 Å². The molecule has 1 aromatic rings. The third kappa shape index (κ3) is 2.10. The summed E-state index contributed by atoms with van der Waals surface area (Å²) in [5, 5.41) is 13.6. The normalized spacial score (nSPS) is 14.7. The van der Waals surface area contributed by atoms with Gasteiger partial charge in [0.15, 0.2) is 0 Å². The number of rotatable bonds is 2. The van der Waals surface area contributed by atoms with E-state index in [0.717, 1.165) is 0 Å². The van der Waals surface area contributed by atoms with Gasteiger partial charge in [0.2, 0.25) is 0 Å². The van der Waals surface area contributed by atoms with Crippen LogP contribution in [0.1, 0.15) is 17.9 Å². The summed E-state index contributed by atoms with van der Waals surface area (Å²) in [7, 11) is 0. The number of aliphatic hydroxyl groups is 1. The molecule has 0 aromatic carbocycles. The van der Waals surface area contributed by atoms with Crippen LogP contribution in [0, 0.1) is 0 Å². The maximum absolute atomic E-state index is 9.64. The van der Waals surface area contributed by atoms with Crippen LogP contribution < -0.4 is 5.73 Å². The monoisotopic (exact) mass is 281 g/mol. The van der Waals surface area contributed by atoms with Gasteiger partial charge in [0.25, 0.3) is 0 Å². The fourth-order valence-corrected chi connectivity index (χ4v) is 1.11. The predicted molar refractivity (Wildman–Crippen MR) is 56.0 cm³/mol. The molecule has 0 aliphatic heterocycles. The first-order chi connectivity index (χ1) is 5.41. The van der Waals surface area contributed by atoms with Crippen LogP contribution in [0.15, 0.2) is 12.4 Å². The van der Waals surface area contributed by atoms with Gasteiger partial charge in [-0.25, -0.2) is 0 Å². The second-order valence-corrected chi connectivity index (χ2v) is 4.42. The van der Waals surface area contributed by atoms with E-state index in [1.807, 2.05) is 0 Å². The zero-order valence-electron chi connectivity index (χ0n) is 7.03. The molecule has 1 rings (SSSR count). The summed E-state index contributed by atoms with van der Waals surface area (Å²) in [5.74, 6) is 0. The SMILES string of the molecule is CC(C)(O)C(I)n1cc(N)cn1. The summed E-state index contributed by atoms with van der Waals surface area (Å²) in [6, 6.07) is 0. The van der Waals surface area contributed by atoms with Crippen molar-refractivity contribution in [3.05, 3.63) is 12.4 Å². The molecular weight excluding hydrogens is 269 g/mol. The van der Waals surface area contributed by atoms with Crippen molar-refractivity contribution in [1.29, 1.82) is 0 Å². The molecule has 0 amide bonds. The second-order valence-electron chi connectivity index (χ2n) is 3.24. The van der Waals surface area contributed by atoms with E-state index in [1.54, 1.807) is 30.9 Å².